The molecular weight excluding hydrogens is 260 g/mol. The standard InChI is InChI=1S/C15H21ClN2O/c1-10(12-7-8-12)18-15(19)9-17-11(2)13-5-3-4-6-14(13)16/h3-6,10-12,17H,7-9H2,1-2H3,(H,18,19)/p+1/t10-,11+/m0/s1. The van der Waals surface area contributed by atoms with Gasteiger partial charge >= 0.3 is 0 Å². The summed E-state index contributed by atoms with van der Waals surface area (Å²) in [6.07, 6.45) is 2.50. The first-order valence-electron chi connectivity index (χ1n) is 6.95. The van der Waals surface area contributed by atoms with Crippen molar-refractivity contribution in [2.24, 2.45) is 5.92 Å². The lowest BCUT2D eigenvalue weighted by Crippen LogP contribution is -2.87. The van der Waals surface area contributed by atoms with Gasteiger partial charge in [-0.25, -0.2) is 0 Å². The molecule has 1 aromatic carbocycles. The second-order valence-electron chi connectivity index (χ2n) is 5.44. The van der Waals surface area contributed by atoms with Crippen LogP contribution in [0.2, 0.25) is 5.02 Å². The molecule has 2 rings (SSSR count). The van der Waals surface area contributed by atoms with E-state index in [-0.39, 0.29) is 11.9 Å². The minimum absolute atomic E-state index is 0.110. The fraction of sp³-hybridized carbons (Fsp3) is 0.533. The Kier molecular flexibility index (Phi) is 4.83. The van der Waals surface area contributed by atoms with Crippen molar-refractivity contribution in [1.82, 2.24) is 5.32 Å². The molecule has 1 aliphatic rings. The van der Waals surface area contributed by atoms with Crippen LogP contribution in [-0.4, -0.2) is 18.5 Å². The summed E-state index contributed by atoms with van der Waals surface area (Å²) in [4.78, 5) is 11.8. The predicted molar refractivity (Wildman–Crippen MR) is 77.0 cm³/mol. The van der Waals surface area contributed by atoms with Gasteiger partial charge in [0.1, 0.15) is 6.04 Å². The molecule has 1 aliphatic carbocycles. The van der Waals surface area contributed by atoms with Crippen LogP contribution in [0.25, 0.3) is 0 Å². The average molecular weight is 282 g/mol. The molecule has 2 atom stereocenters. The van der Waals surface area contributed by atoms with Gasteiger partial charge in [-0.1, -0.05) is 29.8 Å². The fourth-order valence-electron chi connectivity index (χ4n) is 2.28. The molecular formula is C15H22ClN2O+. The smallest absolute Gasteiger partial charge is 0.275 e. The lowest BCUT2D eigenvalue weighted by Gasteiger charge is -2.15. The van der Waals surface area contributed by atoms with Crippen molar-refractivity contribution >= 4 is 17.5 Å². The molecule has 0 spiro atoms. The minimum Gasteiger partial charge on any atom is -0.348 e. The fourth-order valence-corrected chi connectivity index (χ4v) is 2.59. The van der Waals surface area contributed by atoms with Gasteiger partial charge in [0.25, 0.3) is 5.91 Å². The third-order valence-corrected chi connectivity index (χ3v) is 4.11. The van der Waals surface area contributed by atoms with Crippen LogP contribution in [0.5, 0.6) is 0 Å². The predicted octanol–water partition coefficient (Wildman–Crippen LogP) is 1.88. The lowest BCUT2D eigenvalue weighted by molar-refractivity contribution is -0.682. The number of nitrogens with one attached hydrogen (secondary N) is 1. The SMILES string of the molecule is C[C@H](NC(=O)C[NH2+][C@H](C)c1ccccc1Cl)C1CC1. The Morgan fingerprint density at radius 2 is 2.11 bits per heavy atom. The van der Waals surface area contributed by atoms with Crippen molar-refractivity contribution in [3.05, 3.63) is 34.9 Å². The highest BCUT2D eigenvalue weighted by Gasteiger charge is 2.29. The second-order valence-corrected chi connectivity index (χ2v) is 5.85. The van der Waals surface area contributed by atoms with Gasteiger partial charge in [0.15, 0.2) is 6.54 Å². The molecule has 0 unspecified atom stereocenters. The molecule has 104 valence electrons. The van der Waals surface area contributed by atoms with Crippen molar-refractivity contribution in [1.29, 1.82) is 0 Å². The average Bonchev–Trinajstić information content (AvgIpc) is 3.20. The summed E-state index contributed by atoms with van der Waals surface area (Å²) in [5.74, 6) is 0.809. The van der Waals surface area contributed by atoms with E-state index in [0.29, 0.717) is 18.5 Å². The Hall–Kier alpha value is -1.06. The summed E-state index contributed by atoms with van der Waals surface area (Å²) in [5, 5.41) is 5.85. The van der Waals surface area contributed by atoms with Gasteiger partial charge in [0.2, 0.25) is 0 Å². The molecule has 0 radical (unpaired) electrons. The monoisotopic (exact) mass is 281 g/mol. The number of nitrogens with two attached hydrogens (primary N) is 1. The van der Waals surface area contributed by atoms with E-state index in [0.717, 1.165) is 10.6 Å². The van der Waals surface area contributed by atoms with Crippen LogP contribution in [0, 0.1) is 5.92 Å². The zero-order valence-corrected chi connectivity index (χ0v) is 12.3. The van der Waals surface area contributed by atoms with Crippen LogP contribution in [0.1, 0.15) is 38.3 Å². The first kappa shape index (κ1) is 14.4. The van der Waals surface area contributed by atoms with Crippen LogP contribution in [-0.2, 0) is 4.79 Å². The number of carbonyl (C=O) groups excluding carboxylic acids is 1. The van der Waals surface area contributed by atoms with Crippen LogP contribution < -0.4 is 10.6 Å². The van der Waals surface area contributed by atoms with E-state index in [1.54, 1.807) is 0 Å². The number of rotatable bonds is 6. The molecule has 3 nitrogen and oxygen atoms in total. The maximum Gasteiger partial charge on any atom is 0.275 e. The molecule has 1 saturated carbocycles. The van der Waals surface area contributed by atoms with Crippen molar-refractivity contribution < 1.29 is 10.1 Å². The van der Waals surface area contributed by atoms with E-state index in [1.165, 1.54) is 12.8 Å². The number of hydrogen-bond donors (Lipinski definition) is 2. The van der Waals surface area contributed by atoms with E-state index in [1.807, 2.05) is 29.6 Å². The molecule has 0 bridgehead atoms. The highest BCUT2D eigenvalue weighted by atomic mass is 35.5. The number of quaternary nitrogens is 1. The maximum absolute atomic E-state index is 11.8. The third-order valence-electron chi connectivity index (χ3n) is 3.77. The van der Waals surface area contributed by atoms with E-state index < -0.39 is 0 Å². The Morgan fingerprint density at radius 1 is 1.42 bits per heavy atom. The highest BCUT2D eigenvalue weighted by Crippen LogP contribution is 2.32. The molecule has 3 N–H and O–H groups in total. The summed E-state index contributed by atoms with van der Waals surface area (Å²) in [6.45, 7) is 4.61. The van der Waals surface area contributed by atoms with Crippen molar-refractivity contribution in [2.75, 3.05) is 6.54 Å². The van der Waals surface area contributed by atoms with Crippen LogP contribution in [0.3, 0.4) is 0 Å². The second kappa shape index (κ2) is 6.40. The zero-order chi connectivity index (χ0) is 13.8. The minimum atomic E-state index is 0.110. The van der Waals surface area contributed by atoms with Gasteiger partial charge in [-0.15, -0.1) is 0 Å². The van der Waals surface area contributed by atoms with E-state index >= 15 is 0 Å². The Morgan fingerprint density at radius 3 is 2.74 bits per heavy atom. The normalized spacial score (nSPS) is 17.8. The number of carbonyl (C=O) groups is 1. The molecule has 19 heavy (non-hydrogen) atoms. The molecule has 1 fully saturated rings. The van der Waals surface area contributed by atoms with Gasteiger partial charge in [0.05, 0.1) is 0 Å². The number of hydrogen-bond acceptors (Lipinski definition) is 1. The van der Waals surface area contributed by atoms with Crippen molar-refractivity contribution in [2.45, 2.75) is 38.8 Å². The first-order valence-corrected chi connectivity index (χ1v) is 7.33. The van der Waals surface area contributed by atoms with Gasteiger partial charge in [-0.05, 0) is 38.7 Å². The van der Waals surface area contributed by atoms with E-state index in [4.69, 9.17) is 11.6 Å². The first-order chi connectivity index (χ1) is 9.08. The molecule has 0 saturated heterocycles. The summed E-state index contributed by atoms with van der Waals surface area (Å²) in [6, 6.07) is 8.29. The number of halogens is 1. The summed E-state index contributed by atoms with van der Waals surface area (Å²) in [5.41, 5.74) is 1.08. The largest absolute Gasteiger partial charge is 0.348 e. The number of amides is 1. The van der Waals surface area contributed by atoms with Gasteiger partial charge in [-0.3, -0.25) is 4.79 Å². The Bertz CT molecular complexity index is 446. The molecule has 0 heterocycles. The van der Waals surface area contributed by atoms with E-state index in [9.17, 15) is 4.79 Å². The molecule has 0 aromatic heterocycles. The summed E-state index contributed by atoms with van der Waals surface area (Å²) in [7, 11) is 0. The highest BCUT2D eigenvalue weighted by molar-refractivity contribution is 6.31. The molecule has 4 heteroatoms. The third kappa shape index (κ3) is 4.22. The van der Waals surface area contributed by atoms with Crippen molar-refractivity contribution in [3.63, 3.8) is 0 Å². The zero-order valence-electron chi connectivity index (χ0n) is 11.5. The topological polar surface area (TPSA) is 45.7 Å². The van der Waals surface area contributed by atoms with Gasteiger partial charge in [0, 0.05) is 16.6 Å². The maximum atomic E-state index is 11.8. The van der Waals surface area contributed by atoms with Gasteiger partial charge < -0.3 is 10.6 Å². The van der Waals surface area contributed by atoms with Crippen LogP contribution >= 0.6 is 11.6 Å². The van der Waals surface area contributed by atoms with Gasteiger partial charge in [-0.2, -0.15) is 0 Å². The summed E-state index contributed by atoms with van der Waals surface area (Å²) >= 11 is 6.15. The van der Waals surface area contributed by atoms with E-state index in [2.05, 4.69) is 19.2 Å². The van der Waals surface area contributed by atoms with Crippen LogP contribution in [0.15, 0.2) is 24.3 Å². The van der Waals surface area contributed by atoms with Crippen molar-refractivity contribution in [3.8, 4) is 0 Å². The lowest BCUT2D eigenvalue weighted by atomic mass is 10.1. The molecule has 1 amide bonds. The number of benzene rings is 1. The summed E-state index contributed by atoms with van der Waals surface area (Å²) < 4.78 is 0. The molecule has 0 aliphatic heterocycles. The Labute approximate surface area is 119 Å². The molecule has 1 aromatic rings. The quantitative estimate of drug-likeness (QED) is 0.822. The van der Waals surface area contributed by atoms with Crippen LogP contribution in [0.4, 0.5) is 0 Å². The Balaban J connectivity index is 1.78.